The summed E-state index contributed by atoms with van der Waals surface area (Å²) in [5, 5.41) is 2.88. The van der Waals surface area contributed by atoms with E-state index in [1.165, 1.54) is 0 Å². The Hall–Kier alpha value is -2.53. The molecule has 1 fully saturated rings. The molecule has 1 atom stereocenters. The number of carbonyl (C=O) groups excluding carboxylic acids is 1. The average Bonchev–Trinajstić information content (AvgIpc) is 3.15. The molecule has 0 aliphatic carbocycles. The first-order chi connectivity index (χ1) is 12.6. The maximum absolute atomic E-state index is 12.3. The number of rotatable bonds is 7. The van der Waals surface area contributed by atoms with Crippen molar-refractivity contribution in [1.29, 1.82) is 0 Å². The summed E-state index contributed by atoms with van der Waals surface area (Å²) in [6.07, 6.45) is 2.45. The fourth-order valence-corrected chi connectivity index (χ4v) is 2.76. The molecule has 1 aliphatic heterocycles. The van der Waals surface area contributed by atoms with Crippen LogP contribution in [0.1, 0.15) is 37.0 Å². The zero-order chi connectivity index (χ0) is 18.4. The van der Waals surface area contributed by atoms with Crippen LogP contribution in [-0.2, 0) is 4.74 Å². The predicted molar refractivity (Wildman–Crippen MR) is 101 cm³/mol. The van der Waals surface area contributed by atoms with E-state index < -0.39 is 0 Å². The van der Waals surface area contributed by atoms with Gasteiger partial charge < -0.3 is 19.5 Å². The fraction of sp³-hybridized carbons (Fsp3) is 0.381. The summed E-state index contributed by atoms with van der Waals surface area (Å²) in [4.78, 5) is 12.3. The highest BCUT2D eigenvalue weighted by atomic mass is 16.5. The molecule has 138 valence electrons. The van der Waals surface area contributed by atoms with Crippen LogP contribution in [-0.4, -0.2) is 31.3 Å². The highest BCUT2D eigenvalue weighted by Crippen LogP contribution is 2.20. The molecule has 2 aromatic carbocycles. The number of hydrogen-bond donors (Lipinski definition) is 1. The molecule has 0 aromatic heterocycles. The van der Waals surface area contributed by atoms with Crippen molar-refractivity contribution in [2.24, 2.45) is 0 Å². The monoisotopic (exact) mass is 355 g/mol. The molecule has 2 aromatic rings. The van der Waals surface area contributed by atoms with Crippen molar-refractivity contribution in [1.82, 2.24) is 0 Å². The normalized spacial score (nSPS) is 16.5. The van der Waals surface area contributed by atoms with Crippen molar-refractivity contribution in [3.8, 4) is 11.5 Å². The zero-order valence-electron chi connectivity index (χ0n) is 15.2. The van der Waals surface area contributed by atoms with Crippen molar-refractivity contribution < 1.29 is 19.0 Å². The molecule has 0 radical (unpaired) electrons. The zero-order valence-corrected chi connectivity index (χ0v) is 15.2. The minimum atomic E-state index is -0.158. The molecule has 0 spiro atoms. The molecule has 5 heteroatoms. The van der Waals surface area contributed by atoms with Crippen LogP contribution in [0, 0.1) is 0 Å². The van der Waals surface area contributed by atoms with E-state index in [-0.39, 0.29) is 18.1 Å². The summed E-state index contributed by atoms with van der Waals surface area (Å²) in [6, 6.07) is 14.5. The van der Waals surface area contributed by atoms with Gasteiger partial charge in [-0.05, 0) is 75.2 Å². The van der Waals surface area contributed by atoms with Gasteiger partial charge in [-0.3, -0.25) is 4.79 Å². The predicted octanol–water partition coefficient (Wildman–Crippen LogP) is 4.28. The van der Waals surface area contributed by atoms with Gasteiger partial charge in [-0.25, -0.2) is 0 Å². The SMILES string of the molecule is CC(C)Oc1ccc(C(=O)Nc2ccc(OCC3CCCO3)cc2)cc1. The molecule has 0 bridgehead atoms. The highest BCUT2D eigenvalue weighted by Gasteiger charge is 2.16. The summed E-state index contributed by atoms with van der Waals surface area (Å²) in [6.45, 7) is 5.32. The first-order valence-electron chi connectivity index (χ1n) is 9.03. The smallest absolute Gasteiger partial charge is 0.255 e. The van der Waals surface area contributed by atoms with E-state index in [0.29, 0.717) is 12.2 Å². The third-order valence-electron chi connectivity index (χ3n) is 4.06. The molecular formula is C21H25NO4. The number of hydrogen-bond acceptors (Lipinski definition) is 4. The van der Waals surface area contributed by atoms with E-state index in [1.807, 2.05) is 38.1 Å². The molecule has 0 saturated carbocycles. The van der Waals surface area contributed by atoms with Crippen LogP contribution < -0.4 is 14.8 Å². The molecule has 3 rings (SSSR count). The van der Waals surface area contributed by atoms with E-state index in [9.17, 15) is 4.79 Å². The molecule has 1 aliphatic rings. The second kappa shape index (κ2) is 8.72. The summed E-state index contributed by atoms with van der Waals surface area (Å²) in [7, 11) is 0. The van der Waals surface area contributed by atoms with E-state index in [0.717, 1.165) is 36.6 Å². The lowest BCUT2D eigenvalue weighted by Crippen LogP contribution is -2.16. The van der Waals surface area contributed by atoms with Crippen molar-refractivity contribution in [3.05, 3.63) is 54.1 Å². The van der Waals surface area contributed by atoms with Crippen LogP contribution in [0.5, 0.6) is 11.5 Å². The Kier molecular flexibility index (Phi) is 6.12. The Morgan fingerprint density at radius 2 is 1.81 bits per heavy atom. The van der Waals surface area contributed by atoms with Crippen molar-refractivity contribution in [2.45, 2.75) is 38.9 Å². The summed E-state index contributed by atoms with van der Waals surface area (Å²) < 4.78 is 16.9. The van der Waals surface area contributed by atoms with Crippen molar-refractivity contribution in [3.63, 3.8) is 0 Å². The fourth-order valence-electron chi connectivity index (χ4n) is 2.76. The van der Waals surface area contributed by atoms with Gasteiger partial charge in [0, 0.05) is 17.9 Å². The maximum atomic E-state index is 12.3. The standard InChI is InChI=1S/C21H25NO4/c1-15(2)26-19-9-5-16(6-10-19)21(23)22-17-7-11-18(12-8-17)25-14-20-4-3-13-24-20/h5-12,15,20H,3-4,13-14H2,1-2H3,(H,22,23). The average molecular weight is 355 g/mol. The number of anilines is 1. The van der Waals surface area contributed by atoms with Crippen LogP contribution in [0.2, 0.25) is 0 Å². The van der Waals surface area contributed by atoms with E-state index in [4.69, 9.17) is 14.2 Å². The van der Waals surface area contributed by atoms with Crippen LogP contribution in [0.25, 0.3) is 0 Å². The topological polar surface area (TPSA) is 56.8 Å². The van der Waals surface area contributed by atoms with Gasteiger partial charge in [0.2, 0.25) is 0 Å². The number of benzene rings is 2. The molecule has 1 amide bonds. The van der Waals surface area contributed by atoms with Crippen LogP contribution in [0.3, 0.4) is 0 Å². The molecular weight excluding hydrogens is 330 g/mol. The Balaban J connectivity index is 1.52. The van der Waals surface area contributed by atoms with E-state index in [1.54, 1.807) is 24.3 Å². The van der Waals surface area contributed by atoms with Gasteiger partial charge in [0.15, 0.2) is 0 Å². The third-order valence-corrected chi connectivity index (χ3v) is 4.06. The summed E-state index contributed by atoms with van der Waals surface area (Å²) in [5.41, 5.74) is 1.31. The van der Waals surface area contributed by atoms with Crippen LogP contribution in [0.4, 0.5) is 5.69 Å². The molecule has 1 N–H and O–H groups in total. The lowest BCUT2D eigenvalue weighted by Gasteiger charge is -2.12. The first kappa shape index (κ1) is 18.3. The third kappa shape index (κ3) is 5.23. The minimum absolute atomic E-state index is 0.107. The van der Waals surface area contributed by atoms with Crippen LogP contribution in [0.15, 0.2) is 48.5 Å². The Labute approximate surface area is 154 Å². The number of amides is 1. The number of carbonyl (C=O) groups is 1. The van der Waals surface area contributed by atoms with Gasteiger partial charge >= 0.3 is 0 Å². The van der Waals surface area contributed by atoms with Crippen molar-refractivity contribution >= 4 is 11.6 Å². The maximum Gasteiger partial charge on any atom is 0.255 e. The Bertz CT molecular complexity index is 704. The van der Waals surface area contributed by atoms with Gasteiger partial charge in [-0.2, -0.15) is 0 Å². The van der Waals surface area contributed by atoms with Crippen molar-refractivity contribution in [2.75, 3.05) is 18.5 Å². The lowest BCUT2D eigenvalue weighted by molar-refractivity contribution is 0.0679. The number of nitrogens with one attached hydrogen (secondary N) is 1. The second-order valence-corrected chi connectivity index (χ2v) is 6.62. The van der Waals surface area contributed by atoms with E-state index >= 15 is 0 Å². The molecule has 1 unspecified atom stereocenters. The quantitative estimate of drug-likeness (QED) is 0.805. The Morgan fingerprint density at radius 1 is 1.12 bits per heavy atom. The Morgan fingerprint density at radius 3 is 2.42 bits per heavy atom. The first-order valence-corrected chi connectivity index (χ1v) is 9.03. The van der Waals surface area contributed by atoms with E-state index in [2.05, 4.69) is 5.32 Å². The largest absolute Gasteiger partial charge is 0.491 e. The second-order valence-electron chi connectivity index (χ2n) is 6.62. The van der Waals surface area contributed by atoms with Gasteiger partial charge in [0.1, 0.15) is 18.1 Å². The van der Waals surface area contributed by atoms with Crippen LogP contribution >= 0.6 is 0 Å². The molecule has 5 nitrogen and oxygen atoms in total. The minimum Gasteiger partial charge on any atom is -0.491 e. The summed E-state index contributed by atoms with van der Waals surface area (Å²) >= 11 is 0. The lowest BCUT2D eigenvalue weighted by atomic mass is 10.2. The number of ether oxygens (including phenoxy) is 3. The van der Waals surface area contributed by atoms with Gasteiger partial charge in [0.25, 0.3) is 5.91 Å². The van der Waals surface area contributed by atoms with Gasteiger partial charge in [0.05, 0.1) is 12.2 Å². The molecule has 1 saturated heterocycles. The molecule has 26 heavy (non-hydrogen) atoms. The summed E-state index contributed by atoms with van der Waals surface area (Å²) in [5.74, 6) is 1.37. The highest BCUT2D eigenvalue weighted by molar-refractivity contribution is 6.04. The molecule has 1 heterocycles. The van der Waals surface area contributed by atoms with Gasteiger partial charge in [-0.15, -0.1) is 0 Å². The van der Waals surface area contributed by atoms with Gasteiger partial charge in [-0.1, -0.05) is 0 Å².